The molecular formula is C10H24N2Si. The molecule has 0 heterocycles. The molecular weight excluding hydrogens is 176 g/mol. The average Bonchev–Trinajstić information content (AvgIpc) is 1.82. The lowest BCUT2D eigenvalue weighted by Crippen LogP contribution is -2.58. The van der Waals surface area contributed by atoms with Crippen LogP contribution in [0.5, 0.6) is 0 Å². The lowest BCUT2D eigenvalue weighted by Gasteiger charge is -2.48. The van der Waals surface area contributed by atoms with Crippen LogP contribution in [0.25, 0.3) is 0 Å². The van der Waals surface area contributed by atoms with E-state index in [4.69, 9.17) is 0 Å². The summed E-state index contributed by atoms with van der Waals surface area (Å²) in [6, 6.07) is 0. The number of hydrazone groups is 1. The molecule has 0 aliphatic heterocycles. The lowest BCUT2D eigenvalue weighted by atomic mass is 10.2. The third-order valence-corrected chi connectivity index (χ3v) is 9.91. The highest BCUT2D eigenvalue weighted by molar-refractivity contribution is 6.81. The maximum absolute atomic E-state index is 3.90. The van der Waals surface area contributed by atoms with Gasteiger partial charge in [0.05, 0.1) is 0 Å². The molecule has 0 bridgehead atoms. The largest absolute Gasteiger partial charge is 0.336 e. The number of nitrogens with zero attached hydrogens (tertiary/aromatic N) is 1. The van der Waals surface area contributed by atoms with Crippen molar-refractivity contribution in [2.24, 2.45) is 5.10 Å². The summed E-state index contributed by atoms with van der Waals surface area (Å²) in [5.41, 5.74) is 0. The molecule has 0 aliphatic carbocycles. The Balaban J connectivity index is 5.07. The van der Waals surface area contributed by atoms with E-state index in [1.54, 1.807) is 0 Å². The van der Waals surface area contributed by atoms with Gasteiger partial charge < -0.3 is 5.09 Å². The van der Waals surface area contributed by atoms with Gasteiger partial charge in [0.1, 0.15) is 0 Å². The smallest absolute Gasteiger partial charge is 0.181 e. The van der Waals surface area contributed by atoms with Crippen molar-refractivity contribution in [3.05, 3.63) is 0 Å². The van der Waals surface area contributed by atoms with E-state index in [9.17, 15) is 0 Å². The van der Waals surface area contributed by atoms with E-state index in [1.807, 2.05) is 0 Å². The van der Waals surface area contributed by atoms with Crippen molar-refractivity contribution in [1.82, 2.24) is 5.09 Å². The lowest BCUT2D eigenvalue weighted by molar-refractivity contribution is 0.588. The van der Waals surface area contributed by atoms with Gasteiger partial charge in [-0.05, 0) is 16.6 Å². The molecule has 0 unspecified atom stereocenters. The Hall–Kier alpha value is -0.313. The van der Waals surface area contributed by atoms with E-state index in [0.29, 0.717) is 0 Å². The molecule has 13 heavy (non-hydrogen) atoms. The average molecular weight is 200 g/mol. The van der Waals surface area contributed by atoms with Gasteiger partial charge >= 0.3 is 0 Å². The number of rotatable bonds is 2. The van der Waals surface area contributed by atoms with Crippen LogP contribution < -0.4 is 5.09 Å². The Bertz CT molecular complexity index is 172. The minimum atomic E-state index is -1.63. The summed E-state index contributed by atoms with van der Waals surface area (Å²) in [5.74, 6) is 0. The van der Waals surface area contributed by atoms with Crippen LogP contribution in [-0.2, 0) is 0 Å². The van der Waals surface area contributed by atoms with Gasteiger partial charge in [-0.2, -0.15) is 0 Å². The second-order valence-electron chi connectivity index (χ2n) is 5.89. The normalized spacial score (nSPS) is 14.1. The molecule has 3 heteroatoms. The summed E-state index contributed by atoms with van der Waals surface area (Å²) >= 11 is 0. The molecule has 0 fully saturated rings. The molecule has 0 aliphatic rings. The first kappa shape index (κ1) is 12.7. The minimum Gasteiger partial charge on any atom is -0.336 e. The summed E-state index contributed by atoms with van der Waals surface area (Å²) in [6.07, 6.45) is 0. The van der Waals surface area contributed by atoms with E-state index in [2.05, 4.69) is 65.0 Å². The number of hydrogen-bond donors (Lipinski definition) is 1. The zero-order valence-corrected chi connectivity index (χ0v) is 11.2. The molecule has 0 saturated carbocycles. The van der Waals surface area contributed by atoms with Crippen molar-refractivity contribution in [3.63, 3.8) is 0 Å². The highest BCUT2D eigenvalue weighted by Gasteiger charge is 2.49. The molecule has 0 rings (SSSR count). The van der Waals surface area contributed by atoms with Crippen molar-refractivity contribution < 1.29 is 0 Å². The third kappa shape index (κ3) is 2.33. The van der Waals surface area contributed by atoms with Crippen molar-refractivity contribution in [1.29, 1.82) is 0 Å². The zero-order chi connectivity index (χ0) is 10.9. The first-order valence-electron chi connectivity index (χ1n) is 4.79. The quantitative estimate of drug-likeness (QED) is 0.412. The molecule has 1 N–H and O–H groups in total. The summed E-state index contributed by atoms with van der Waals surface area (Å²) in [7, 11) is -1.63. The fourth-order valence-corrected chi connectivity index (χ4v) is 4.86. The molecule has 0 saturated heterocycles. The van der Waals surface area contributed by atoms with Gasteiger partial charge in [-0.3, -0.25) is 0 Å². The van der Waals surface area contributed by atoms with Gasteiger partial charge in [0.2, 0.25) is 0 Å². The monoisotopic (exact) mass is 200 g/mol. The van der Waals surface area contributed by atoms with Crippen LogP contribution in [0.4, 0.5) is 0 Å². The molecule has 2 nitrogen and oxygen atoms in total. The van der Waals surface area contributed by atoms with E-state index >= 15 is 0 Å². The van der Waals surface area contributed by atoms with Crippen LogP contribution in [0, 0.1) is 0 Å². The summed E-state index contributed by atoms with van der Waals surface area (Å²) in [5, 5.41) is 7.76. The molecule has 78 valence electrons. The first-order chi connectivity index (χ1) is 5.56. The fourth-order valence-electron chi connectivity index (χ4n) is 1.62. The van der Waals surface area contributed by atoms with Crippen molar-refractivity contribution in [3.8, 4) is 0 Å². The number of nitrogens with one attached hydrogen (secondary N) is 1. The Morgan fingerprint density at radius 1 is 1.00 bits per heavy atom. The SMILES string of the molecule is C=NN[Si](C)(C(C)(C)C)C(C)(C)C. The minimum absolute atomic E-state index is 0.284. The van der Waals surface area contributed by atoms with Gasteiger partial charge in [0, 0.05) is 6.72 Å². The Labute approximate surface area is 83.9 Å². The Morgan fingerprint density at radius 2 is 1.31 bits per heavy atom. The van der Waals surface area contributed by atoms with E-state index in [-0.39, 0.29) is 10.1 Å². The van der Waals surface area contributed by atoms with Crippen LogP contribution in [-0.4, -0.2) is 15.0 Å². The first-order valence-corrected chi connectivity index (χ1v) is 7.29. The summed E-state index contributed by atoms with van der Waals surface area (Å²) < 4.78 is 0. The fraction of sp³-hybridized carbons (Fsp3) is 0.900. The molecule has 0 radical (unpaired) electrons. The highest BCUT2D eigenvalue weighted by Crippen LogP contribution is 2.48. The predicted molar refractivity (Wildman–Crippen MR) is 63.7 cm³/mol. The topological polar surface area (TPSA) is 24.4 Å². The van der Waals surface area contributed by atoms with Crippen molar-refractivity contribution >= 4 is 15.0 Å². The van der Waals surface area contributed by atoms with Crippen LogP contribution in [0.3, 0.4) is 0 Å². The molecule has 0 atom stereocenters. The van der Waals surface area contributed by atoms with Crippen molar-refractivity contribution in [2.75, 3.05) is 0 Å². The van der Waals surface area contributed by atoms with Crippen LogP contribution in [0.2, 0.25) is 16.6 Å². The zero-order valence-electron chi connectivity index (χ0n) is 10.2. The maximum atomic E-state index is 3.90. The van der Waals surface area contributed by atoms with Crippen LogP contribution in [0.1, 0.15) is 41.5 Å². The second kappa shape index (κ2) is 3.44. The van der Waals surface area contributed by atoms with Gasteiger partial charge in [0.25, 0.3) is 0 Å². The maximum Gasteiger partial charge on any atom is 0.181 e. The summed E-state index contributed by atoms with van der Waals surface area (Å²) in [4.78, 5) is 0. The van der Waals surface area contributed by atoms with E-state index in [1.165, 1.54) is 0 Å². The van der Waals surface area contributed by atoms with Gasteiger partial charge in [0.15, 0.2) is 8.24 Å². The van der Waals surface area contributed by atoms with Gasteiger partial charge in [-0.25, -0.2) is 5.10 Å². The Kier molecular flexibility index (Phi) is 3.36. The predicted octanol–water partition coefficient (Wildman–Crippen LogP) is 3.37. The molecule has 0 aromatic rings. The second-order valence-corrected chi connectivity index (χ2v) is 11.4. The van der Waals surface area contributed by atoms with Gasteiger partial charge in [-0.1, -0.05) is 41.5 Å². The molecule has 0 aromatic carbocycles. The Morgan fingerprint density at radius 3 is 1.38 bits per heavy atom. The van der Waals surface area contributed by atoms with Crippen LogP contribution in [0.15, 0.2) is 5.10 Å². The molecule has 0 aromatic heterocycles. The molecule has 0 spiro atoms. The summed E-state index contributed by atoms with van der Waals surface area (Å²) in [6.45, 7) is 19.6. The highest BCUT2D eigenvalue weighted by atomic mass is 28.3. The van der Waals surface area contributed by atoms with Crippen molar-refractivity contribution in [2.45, 2.75) is 58.2 Å². The molecule has 0 amide bonds. The van der Waals surface area contributed by atoms with Crippen LogP contribution >= 0.6 is 0 Å². The number of hydrogen-bond acceptors (Lipinski definition) is 2. The third-order valence-electron chi connectivity index (χ3n) is 3.30. The van der Waals surface area contributed by atoms with E-state index < -0.39 is 8.24 Å². The van der Waals surface area contributed by atoms with E-state index in [0.717, 1.165) is 0 Å². The standard InChI is InChI=1S/C10H24N2Si/c1-9(2,3)13(8,12-11-7)10(4,5)6/h12H,7H2,1-6,8H3. The van der Waals surface area contributed by atoms with Gasteiger partial charge in [-0.15, -0.1) is 0 Å².